The summed E-state index contributed by atoms with van der Waals surface area (Å²) in [6.07, 6.45) is 5.98. The van der Waals surface area contributed by atoms with E-state index in [4.69, 9.17) is 10.2 Å². The van der Waals surface area contributed by atoms with Crippen molar-refractivity contribution in [3.05, 3.63) is 72.3 Å². The molecule has 4 heterocycles. The van der Waals surface area contributed by atoms with Crippen LogP contribution in [0.4, 0.5) is 0 Å². The maximum absolute atomic E-state index is 13.0. The first-order valence-corrected chi connectivity index (χ1v) is 9.37. The molecule has 0 fully saturated rings. The van der Waals surface area contributed by atoms with Crippen molar-refractivity contribution < 1.29 is 18.8 Å². The molecular weight excluding hydrogens is 400 g/mol. The average molecular weight is 418 g/mol. The second kappa shape index (κ2) is 8.19. The van der Waals surface area contributed by atoms with Gasteiger partial charge in [0.25, 0.3) is 11.8 Å². The molecule has 10 heteroatoms. The number of fused-ring (bicyclic) bond motifs is 1. The fraction of sp³-hybridized carbons (Fsp3) is 0.143. The Hall–Kier alpha value is -4.34. The van der Waals surface area contributed by atoms with Crippen molar-refractivity contribution in [2.45, 2.75) is 19.4 Å². The zero-order valence-electron chi connectivity index (χ0n) is 16.5. The number of carbonyl (C=O) groups excluding carboxylic acids is 3. The smallest absolute Gasteiger partial charge is 0.287 e. The van der Waals surface area contributed by atoms with E-state index in [1.54, 1.807) is 54.2 Å². The van der Waals surface area contributed by atoms with Crippen LogP contribution < -0.4 is 11.1 Å². The highest BCUT2D eigenvalue weighted by Gasteiger charge is 2.28. The number of Topliss-reactive ketones (excluding diaryl/α,β-unsaturated/α-hetero) is 1. The van der Waals surface area contributed by atoms with E-state index in [1.807, 2.05) is 0 Å². The Kier molecular flexibility index (Phi) is 5.27. The molecule has 4 rings (SSSR count). The molecule has 0 bridgehead atoms. The minimum absolute atomic E-state index is 0.00289. The fourth-order valence-corrected chi connectivity index (χ4v) is 3.29. The highest BCUT2D eigenvalue weighted by Crippen LogP contribution is 2.20. The lowest BCUT2D eigenvalue weighted by Gasteiger charge is -2.16. The van der Waals surface area contributed by atoms with Gasteiger partial charge in [-0.3, -0.25) is 19.0 Å². The van der Waals surface area contributed by atoms with E-state index in [2.05, 4.69) is 20.3 Å². The molecule has 0 radical (unpaired) electrons. The number of nitrogens with two attached hydrogens (primary N) is 1. The molecule has 0 spiro atoms. The van der Waals surface area contributed by atoms with E-state index in [1.165, 1.54) is 12.5 Å². The molecule has 4 aromatic heterocycles. The summed E-state index contributed by atoms with van der Waals surface area (Å²) in [7, 11) is 0. The first-order chi connectivity index (χ1) is 15.0. The SMILES string of the molecule is Cc1ncc(C(=O)NC(Cc2coc3ncccc23)C(=O)C(N)=O)n1-c1ccccn1. The third-order valence-electron chi connectivity index (χ3n) is 4.77. The normalized spacial score (nSPS) is 11.9. The number of aromatic nitrogens is 4. The lowest BCUT2D eigenvalue weighted by Crippen LogP contribution is -2.47. The van der Waals surface area contributed by atoms with Gasteiger partial charge in [0.2, 0.25) is 11.5 Å². The van der Waals surface area contributed by atoms with Crippen LogP contribution in [0.25, 0.3) is 16.9 Å². The molecule has 0 aliphatic carbocycles. The van der Waals surface area contributed by atoms with Gasteiger partial charge in [0, 0.05) is 29.8 Å². The summed E-state index contributed by atoms with van der Waals surface area (Å²) < 4.78 is 6.94. The van der Waals surface area contributed by atoms with Gasteiger partial charge in [0.1, 0.15) is 23.4 Å². The number of pyridine rings is 2. The van der Waals surface area contributed by atoms with Crippen LogP contribution in [0.1, 0.15) is 21.9 Å². The largest absolute Gasteiger partial charge is 0.446 e. The Balaban J connectivity index is 1.65. The van der Waals surface area contributed by atoms with E-state index >= 15 is 0 Å². The van der Waals surface area contributed by atoms with Crippen molar-refractivity contribution in [3.63, 3.8) is 0 Å². The Labute approximate surface area is 176 Å². The van der Waals surface area contributed by atoms with E-state index in [0.717, 1.165) is 0 Å². The molecule has 2 amide bonds. The minimum atomic E-state index is -1.20. The second-order valence-electron chi connectivity index (χ2n) is 6.79. The van der Waals surface area contributed by atoms with Crippen molar-refractivity contribution >= 4 is 28.7 Å². The monoisotopic (exact) mass is 418 g/mol. The van der Waals surface area contributed by atoms with Gasteiger partial charge < -0.3 is 15.5 Å². The Morgan fingerprint density at radius 3 is 2.68 bits per heavy atom. The molecule has 0 aromatic carbocycles. The predicted octanol–water partition coefficient (Wildman–Crippen LogP) is 1.11. The van der Waals surface area contributed by atoms with Gasteiger partial charge in [-0.05, 0) is 31.2 Å². The number of hydrogen-bond acceptors (Lipinski definition) is 7. The Morgan fingerprint density at radius 1 is 1.13 bits per heavy atom. The summed E-state index contributed by atoms with van der Waals surface area (Å²) >= 11 is 0. The number of amides is 2. The lowest BCUT2D eigenvalue weighted by atomic mass is 10.0. The van der Waals surface area contributed by atoms with Crippen molar-refractivity contribution in [1.82, 2.24) is 24.8 Å². The maximum atomic E-state index is 13.0. The third-order valence-corrected chi connectivity index (χ3v) is 4.77. The van der Waals surface area contributed by atoms with Gasteiger partial charge >= 0.3 is 0 Å². The fourth-order valence-electron chi connectivity index (χ4n) is 3.29. The standard InChI is InChI=1S/C21H18N6O4/c1-12-25-10-16(27(12)17-6-2-3-7-23-17)20(30)26-15(18(28)19(22)29)9-13-11-31-21-14(13)5-4-8-24-21/h2-8,10-11,15H,9H2,1H3,(H2,22,29)(H,26,30). The maximum Gasteiger partial charge on any atom is 0.287 e. The zero-order valence-corrected chi connectivity index (χ0v) is 16.5. The average Bonchev–Trinajstić information content (AvgIpc) is 3.37. The molecule has 0 saturated heterocycles. The topological polar surface area (TPSA) is 146 Å². The summed E-state index contributed by atoms with van der Waals surface area (Å²) in [6, 6.07) is 7.55. The summed E-state index contributed by atoms with van der Waals surface area (Å²) in [5.74, 6) is -1.64. The molecule has 0 saturated carbocycles. The highest BCUT2D eigenvalue weighted by molar-refractivity contribution is 6.38. The number of ketones is 1. The van der Waals surface area contributed by atoms with Crippen LogP contribution in [0.5, 0.6) is 0 Å². The van der Waals surface area contributed by atoms with E-state index < -0.39 is 23.6 Å². The number of aryl methyl sites for hydroxylation is 1. The van der Waals surface area contributed by atoms with Crippen molar-refractivity contribution in [2.75, 3.05) is 0 Å². The van der Waals surface area contributed by atoms with Crippen LogP contribution in [0.3, 0.4) is 0 Å². The summed E-state index contributed by atoms with van der Waals surface area (Å²) in [5, 5.41) is 3.28. The number of imidazole rings is 1. The molecule has 0 aliphatic heterocycles. The predicted molar refractivity (Wildman–Crippen MR) is 109 cm³/mol. The molecule has 1 atom stereocenters. The Morgan fingerprint density at radius 2 is 1.94 bits per heavy atom. The van der Waals surface area contributed by atoms with E-state index in [-0.39, 0.29) is 12.1 Å². The van der Waals surface area contributed by atoms with Gasteiger partial charge in [-0.2, -0.15) is 0 Å². The number of primary amides is 1. The molecular formula is C21H18N6O4. The molecule has 31 heavy (non-hydrogen) atoms. The first kappa shape index (κ1) is 20.0. The Bertz CT molecular complexity index is 1280. The third kappa shape index (κ3) is 3.90. The molecule has 4 aromatic rings. The van der Waals surface area contributed by atoms with Crippen LogP contribution in [0, 0.1) is 6.92 Å². The van der Waals surface area contributed by atoms with Crippen LogP contribution >= 0.6 is 0 Å². The number of carbonyl (C=O) groups is 3. The highest BCUT2D eigenvalue weighted by atomic mass is 16.3. The molecule has 156 valence electrons. The number of nitrogens with one attached hydrogen (secondary N) is 1. The first-order valence-electron chi connectivity index (χ1n) is 9.37. The second-order valence-corrected chi connectivity index (χ2v) is 6.79. The number of nitrogens with zero attached hydrogens (tertiary/aromatic N) is 4. The van der Waals surface area contributed by atoms with Crippen LogP contribution in [0.2, 0.25) is 0 Å². The number of hydrogen-bond donors (Lipinski definition) is 2. The van der Waals surface area contributed by atoms with Crippen LogP contribution in [-0.2, 0) is 16.0 Å². The molecule has 1 unspecified atom stereocenters. The van der Waals surface area contributed by atoms with Crippen molar-refractivity contribution in [3.8, 4) is 5.82 Å². The van der Waals surface area contributed by atoms with Crippen LogP contribution in [-0.4, -0.2) is 43.2 Å². The van der Waals surface area contributed by atoms with Gasteiger partial charge in [0.15, 0.2) is 0 Å². The molecule has 3 N–H and O–H groups in total. The van der Waals surface area contributed by atoms with Gasteiger partial charge in [-0.25, -0.2) is 15.0 Å². The van der Waals surface area contributed by atoms with E-state index in [0.29, 0.717) is 28.3 Å². The zero-order chi connectivity index (χ0) is 22.0. The molecule has 0 aliphatic rings. The summed E-state index contributed by atoms with van der Waals surface area (Å²) in [4.78, 5) is 49.6. The van der Waals surface area contributed by atoms with E-state index in [9.17, 15) is 14.4 Å². The van der Waals surface area contributed by atoms with Crippen molar-refractivity contribution in [1.29, 1.82) is 0 Å². The quantitative estimate of drug-likeness (QED) is 0.427. The minimum Gasteiger partial charge on any atom is -0.446 e. The van der Waals surface area contributed by atoms with Crippen molar-refractivity contribution in [2.24, 2.45) is 5.73 Å². The van der Waals surface area contributed by atoms with Gasteiger partial charge in [-0.1, -0.05) is 6.07 Å². The van der Waals surface area contributed by atoms with Crippen LogP contribution in [0.15, 0.2) is 59.6 Å². The lowest BCUT2D eigenvalue weighted by molar-refractivity contribution is -0.137. The number of rotatable bonds is 7. The molecule has 10 nitrogen and oxygen atoms in total. The summed E-state index contributed by atoms with van der Waals surface area (Å²) in [5.41, 5.74) is 6.37. The summed E-state index contributed by atoms with van der Waals surface area (Å²) in [6.45, 7) is 1.72. The van der Waals surface area contributed by atoms with Gasteiger partial charge in [0.05, 0.1) is 12.5 Å². The van der Waals surface area contributed by atoms with Gasteiger partial charge in [-0.15, -0.1) is 0 Å². The number of furan rings is 1.